The summed E-state index contributed by atoms with van der Waals surface area (Å²) in [7, 11) is 0. The van der Waals surface area contributed by atoms with Crippen LogP contribution in [0.1, 0.15) is 31.7 Å². The molecule has 0 radical (unpaired) electrons. The fraction of sp³-hybridized carbons (Fsp3) is 0.667. The molecule has 84 valence electrons. The van der Waals surface area contributed by atoms with Crippen LogP contribution in [0.25, 0.3) is 0 Å². The molecule has 1 aromatic heterocycles. The Hall–Kier alpha value is 0.01000. The van der Waals surface area contributed by atoms with Gasteiger partial charge in [-0.15, -0.1) is 0 Å². The molecule has 0 spiro atoms. The second-order valence-corrected chi connectivity index (χ2v) is 6.86. The van der Waals surface area contributed by atoms with Crippen molar-refractivity contribution in [2.24, 2.45) is 0 Å². The van der Waals surface area contributed by atoms with Crippen LogP contribution in [0.4, 0.5) is 0 Å². The maximum Gasteiger partial charge on any atom is 0.0687 e. The quantitative estimate of drug-likeness (QED) is 0.874. The molecule has 2 rings (SSSR count). The Kier molecular flexibility index (Phi) is 3.75. The topological polar surface area (TPSA) is 20.2 Å². The molecule has 0 amide bonds. The van der Waals surface area contributed by atoms with Crippen LogP contribution in [-0.2, 0) is 6.42 Å². The van der Waals surface area contributed by atoms with E-state index in [0.717, 1.165) is 12.8 Å². The van der Waals surface area contributed by atoms with Gasteiger partial charge in [-0.1, -0.05) is 0 Å². The van der Waals surface area contributed by atoms with Crippen LogP contribution in [-0.4, -0.2) is 21.7 Å². The fourth-order valence-corrected chi connectivity index (χ4v) is 4.16. The fourth-order valence-electron chi connectivity index (χ4n) is 2.11. The summed E-state index contributed by atoms with van der Waals surface area (Å²) in [6.07, 6.45) is 4.20. The van der Waals surface area contributed by atoms with Crippen LogP contribution in [0.2, 0.25) is 0 Å². The second kappa shape index (κ2) is 4.89. The molecule has 1 N–H and O–H groups in total. The van der Waals surface area contributed by atoms with Crippen molar-refractivity contribution < 1.29 is 5.11 Å². The third-order valence-electron chi connectivity index (χ3n) is 3.24. The van der Waals surface area contributed by atoms with E-state index in [0.29, 0.717) is 0 Å². The monoisotopic (exact) mass is 242 g/mol. The van der Waals surface area contributed by atoms with Gasteiger partial charge >= 0.3 is 0 Å². The average molecular weight is 242 g/mol. The molecule has 1 fully saturated rings. The Labute approximate surface area is 99.9 Å². The molecule has 15 heavy (non-hydrogen) atoms. The van der Waals surface area contributed by atoms with Gasteiger partial charge in [0.15, 0.2) is 0 Å². The lowest BCUT2D eigenvalue weighted by Gasteiger charge is -2.29. The van der Waals surface area contributed by atoms with E-state index in [4.69, 9.17) is 0 Å². The van der Waals surface area contributed by atoms with Crippen molar-refractivity contribution in [1.82, 2.24) is 0 Å². The first kappa shape index (κ1) is 11.5. The number of thioether (sulfide) groups is 1. The number of rotatable bonds is 4. The van der Waals surface area contributed by atoms with Crippen LogP contribution < -0.4 is 0 Å². The van der Waals surface area contributed by atoms with Gasteiger partial charge in [0.25, 0.3) is 0 Å². The minimum absolute atomic E-state index is 0.121. The number of aryl methyl sites for hydroxylation is 1. The summed E-state index contributed by atoms with van der Waals surface area (Å²) in [5.41, 5.74) is 1.37. The molecule has 0 aromatic carbocycles. The van der Waals surface area contributed by atoms with Crippen LogP contribution >= 0.6 is 23.1 Å². The van der Waals surface area contributed by atoms with Gasteiger partial charge in [-0.3, -0.25) is 0 Å². The van der Waals surface area contributed by atoms with E-state index in [1.54, 1.807) is 11.3 Å². The van der Waals surface area contributed by atoms with Crippen molar-refractivity contribution in [3.8, 4) is 0 Å². The molecule has 0 bridgehead atoms. The highest BCUT2D eigenvalue weighted by atomic mass is 32.2. The van der Waals surface area contributed by atoms with E-state index in [9.17, 15) is 5.11 Å². The lowest BCUT2D eigenvalue weighted by Crippen LogP contribution is -2.33. The largest absolute Gasteiger partial charge is 0.392 e. The van der Waals surface area contributed by atoms with Crippen molar-refractivity contribution in [1.29, 1.82) is 0 Å². The van der Waals surface area contributed by atoms with E-state index >= 15 is 0 Å². The smallest absolute Gasteiger partial charge is 0.0687 e. The normalized spacial score (nSPS) is 28.1. The summed E-state index contributed by atoms with van der Waals surface area (Å²) in [4.78, 5) is 0. The summed E-state index contributed by atoms with van der Waals surface area (Å²) >= 11 is 3.68. The molecule has 3 heteroatoms. The Morgan fingerprint density at radius 2 is 2.47 bits per heavy atom. The number of thiophene rings is 1. The Balaban J connectivity index is 1.84. The minimum Gasteiger partial charge on any atom is -0.392 e. The lowest BCUT2D eigenvalue weighted by molar-refractivity contribution is 0.124. The summed E-state index contributed by atoms with van der Waals surface area (Å²) in [5.74, 6) is 1.21. The van der Waals surface area contributed by atoms with Gasteiger partial charge < -0.3 is 5.11 Å². The Morgan fingerprint density at radius 1 is 1.60 bits per heavy atom. The molecular formula is C12H18OS2. The zero-order valence-electron chi connectivity index (χ0n) is 9.11. The van der Waals surface area contributed by atoms with Crippen LogP contribution in [0, 0.1) is 0 Å². The number of hydrogen-bond donors (Lipinski definition) is 1. The summed E-state index contributed by atoms with van der Waals surface area (Å²) in [5, 5.41) is 14.5. The van der Waals surface area contributed by atoms with Gasteiger partial charge in [-0.2, -0.15) is 23.1 Å². The van der Waals surface area contributed by atoms with E-state index in [1.165, 1.54) is 24.2 Å². The zero-order valence-corrected chi connectivity index (χ0v) is 10.7. The van der Waals surface area contributed by atoms with E-state index in [1.807, 2.05) is 11.8 Å². The van der Waals surface area contributed by atoms with E-state index in [2.05, 4.69) is 23.8 Å². The number of aliphatic hydroxyl groups is 1. The molecule has 1 aromatic rings. The molecule has 0 aliphatic carbocycles. The highest BCUT2D eigenvalue weighted by molar-refractivity contribution is 8.00. The lowest BCUT2D eigenvalue weighted by atomic mass is 9.94. The minimum atomic E-state index is -0.148. The van der Waals surface area contributed by atoms with Gasteiger partial charge in [0.2, 0.25) is 0 Å². The van der Waals surface area contributed by atoms with Crippen LogP contribution in [0.3, 0.4) is 0 Å². The zero-order chi connectivity index (χ0) is 10.7. The first-order chi connectivity index (χ1) is 7.21. The molecule has 1 nitrogen and oxygen atoms in total. The Bertz CT molecular complexity index is 289. The standard InChI is InChI=1S/C12H18OS2/c1-12(6-2-7-15-12)11(13)4-3-10-5-8-14-9-10/h5,8-9,11,13H,2-4,6-7H2,1H3. The SMILES string of the molecule is CC1(C(O)CCc2ccsc2)CCCS1. The molecule has 2 atom stereocenters. The summed E-state index contributed by atoms with van der Waals surface area (Å²) in [6.45, 7) is 2.21. The molecule has 1 saturated heterocycles. The third kappa shape index (κ3) is 2.77. The third-order valence-corrected chi connectivity index (χ3v) is 5.60. The second-order valence-electron chi connectivity index (χ2n) is 4.45. The van der Waals surface area contributed by atoms with Crippen molar-refractivity contribution in [2.45, 2.75) is 43.5 Å². The molecule has 1 aliphatic rings. The Morgan fingerprint density at radius 3 is 3.07 bits per heavy atom. The highest BCUT2D eigenvalue weighted by Crippen LogP contribution is 2.41. The molecule has 1 aliphatic heterocycles. The summed E-state index contributed by atoms with van der Waals surface area (Å²) in [6, 6.07) is 2.15. The molecule has 0 saturated carbocycles. The first-order valence-electron chi connectivity index (χ1n) is 5.54. The molecular weight excluding hydrogens is 224 g/mol. The first-order valence-corrected chi connectivity index (χ1v) is 7.47. The predicted octanol–water partition coefficient (Wildman–Crippen LogP) is 3.33. The molecule has 2 heterocycles. The van der Waals surface area contributed by atoms with Gasteiger partial charge in [0, 0.05) is 4.75 Å². The maximum absolute atomic E-state index is 10.2. The van der Waals surface area contributed by atoms with Gasteiger partial charge in [0.1, 0.15) is 0 Å². The van der Waals surface area contributed by atoms with Crippen molar-refractivity contribution in [3.63, 3.8) is 0 Å². The maximum atomic E-state index is 10.2. The number of aliphatic hydroxyl groups excluding tert-OH is 1. The highest BCUT2D eigenvalue weighted by Gasteiger charge is 2.36. The van der Waals surface area contributed by atoms with E-state index < -0.39 is 0 Å². The van der Waals surface area contributed by atoms with Crippen LogP contribution in [0.15, 0.2) is 16.8 Å². The summed E-state index contributed by atoms with van der Waals surface area (Å²) < 4.78 is 0.121. The van der Waals surface area contributed by atoms with Crippen molar-refractivity contribution in [3.05, 3.63) is 22.4 Å². The van der Waals surface area contributed by atoms with Gasteiger partial charge in [-0.25, -0.2) is 0 Å². The van der Waals surface area contributed by atoms with Crippen LogP contribution in [0.5, 0.6) is 0 Å². The molecule has 2 unspecified atom stereocenters. The van der Waals surface area contributed by atoms with Crippen molar-refractivity contribution >= 4 is 23.1 Å². The predicted molar refractivity (Wildman–Crippen MR) is 68.7 cm³/mol. The van der Waals surface area contributed by atoms with Crippen molar-refractivity contribution in [2.75, 3.05) is 5.75 Å². The average Bonchev–Trinajstić information content (AvgIpc) is 2.85. The van der Waals surface area contributed by atoms with Gasteiger partial charge in [0.05, 0.1) is 6.10 Å². The van der Waals surface area contributed by atoms with Gasteiger partial charge in [-0.05, 0) is 60.7 Å². The number of hydrogen-bond acceptors (Lipinski definition) is 3. The van der Waals surface area contributed by atoms with E-state index in [-0.39, 0.29) is 10.9 Å².